The monoisotopic (exact) mass is 456 g/mol. The lowest BCUT2D eigenvalue weighted by Crippen LogP contribution is -2.17. The highest BCUT2D eigenvalue weighted by molar-refractivity contribution is 6.03. The molecule has 0 heterocycles. The molecule has 1 N–H and O–H groups in total. The van der Waals surface area contributed by atoms with Gasteiger partial charge in [0.25, 0.3) is 5.91 Å². The molecular formula is C28H25FN2O3. The number of ether oxygens (including phenoxy) is 2. The summed E-state index contributed by atoms with van der Waals surface area (Å²) in [5.74, 6) is 0.715. The zero-order chi connectivity index (χ0) is 23.8. The van der Waals surface area contributed by atoms with E-state index in [9.17, 15) is 9.18 Å². The molecule has 34 heavy (non-hydrogen) atoms. The van der Waals surface area contributed by atoms with E-state index in [1.54, 1.807) is 42.6 Å². The Morgan fingerprint density at radius 1 is 0.941 bits per heavy atom. The summed E-state index contributed by atoms with van der Waals surface area (Å²) in [7, 11) is 0. The molecule has 6 heteroatoms. The van der Waals surface area contributed by atoms with E-state index in [1.807, 2.05) is 43.3 Å². The van der Waals surface area contributed by atoms with E-state index in [2.05, 4.69) is 10.5 Å². The number of amides is 1. The summed E-state index contributed by atoms with van der Waals surface area (Å²) >= 11 is 0. The fourth-order valence-electron chi connectivity index (χ4n) is 3.42. The lowest BCUT2D eigenvalue weighted by atomic mass is 10.0. The number of carbonyl (C=O) groups is 1. The van der Waals surface area contributed by atoms with Crippen molar-refractivity contribution >= 4 is 22.9 Å². The number of rotatable bonds is 9. The molecule has 0 saturated heterocycles. The maximum absolute atomic E-state index is 13.2. The molecule has 4 aromatic rings. The number of carbonyl (C=O) groups excluding carboxylic acids is 1. The number of hydrazone groups is 1. The average Bonchev–Trinajstić information content (AvgIpc) is 2.88. The van der Waals surface area contributed by atoms with Gasteiger partial charge in [0.1, 0.15) is 23.9 Å². The standard InChI is InChI=1S/C28H25FN2O3/c1-2-17-33-24-14-9-22(10-15-24)28(32)31-30-18-26-25-6-4-3-5-21(25)11-16-27(26)34-19-20-7-12-23(29)13-8-20/h3-16,18H,2,17,19H2,1H3,(H,31,32). The first-order valence-corrected chi connectivity index (χ1v) is 11.1. The van der Waals surface area contributed by atoms with Gasteiger partial charge in [0.05, 0.1) is 12.8 Å². The van der Waals surface area contributed by atoms with E-state index in [1.165, 1.54) is 12.1 Å². The molecule has 0 fully saturated rings. The Morgan fingerprint density at radius 3 is 2.47 bits per heavy atom. The van der Waals surface area contributed by atoms with Gasteiger partial charge in [0.15, 0.2) is 0 Å². The van der Waals surface area contributed by atoms with Gasteiger partial charge in [-0.2, -0.15) is 5.10 Å². The SMILES string of the molecule is CCCOc1ccc(C(=O)NN=Cc2c(OCc3ccc(F)cc3)ccc3ccccc23)cc1. The van der Waals surface area contributed by atoms with Crippen LogP contribution in [-0.4, -0.2) is 18.7 Å². The zero-order valence-corrected chi connectivity index (χ0v) is 18.8. The summed E-state index contributed by atoms with van der Waals surface area (Å²) in [4.78, 5) is 12.5. The van der Waals surface area contributed by atoms with E-state index in [0.717, 1.165) is 34.1 Å². The van der Waals surface area contributed by atoms with Gasteiger partial charge in [0.2, 0.25) is 0 Å². The predicted octanol–water partition coefficient (Wildman–Crippen LogP) is 6.11. The topological polar surface area (TPSA) is 59.9 Å². The van der Waals surface area contributed by atoms with Crippen LogP contribution in [0, 0.1) is 5.82 Å². The minimum Gasteiger partial charge on any atom is -0.494 e. The lowest BCUT2D eigenvalue weighted by Gasteiger charge is -2.12. The molecule has 0 unspecified atom stereocenters. The van der Waals surface area contributed by atoms with Gasteiger partial charge >= 0.3 is 0 Å². The second kappa shape index (κ2) is 11.1. The maximum Gasteiger partial charge on any atom is 0.271 e. The Bertz CT molecular complexity index is 1290. The van der Waals surface area contributed by atoms with Crippen molar-refractivity contribution in [1.82, 2.24) is 5.43 Å². The smallest absolute Gasteiger partial charge is 0.271 e. The summed E-state index contributed by atoms with van der Waals surface area (Å²) in [6.07, 6.45) is 2.50. The molecule has 0 aliphatic rings. The molecule has 4 rings (SSSR count). The van der Waals surface area contributed by atoms with Crippen LogP contribution < -0.4 is 14.9 Å². The van der Waals surface area contributed by atoms with Gasteiger partial charge < -0.3 is 9.47 Å². The fourth-order valence-corrected chi connectivity index (χ4v) is 3.42. The third-order valence-corrected chi connectivity index (χ3v) is 5.19. The molecule has 0 bridgehead atoms. The average molecular weight is 457 g/mol. The van der Waals surface area contributed by atoms with E-state index in [-0.39, 0.29) is 18.3 Å². The number of hydrogen-bond donors (Lipinski definition) is 1. The summed E-state index contributed by atoms with van der Waals surface area (Å²) in [6, 6.07) is 24.8. The van der Waals surface area contributed by atoms with E-state index < -0.39 is 0 Å². The predicted molar refractivity (Wildman–Crippen MR) is 132 cm³/mol. The molecule has 1 amide bonds. The van der Waals surface area contributed by atoms with Gasteiger partial charge in [-0.05, 0) is 65.2 Å². The first kappa shape index (κ1) is 23.0. The van der Waals surface area contributed by atoms with Crippen LogP contribution in [0.5, 0.6) is 11.5 Å². The van der Waals surface area contributed by atoms with Gasteiger partial charge in [-0.1, -0.05) is 49.4 Å². The van der Waals surface area contributed by atoms with Crippen molar-refractivity contribution in [1.29, 1.82) is 0 Å². The molecule has 0 spiro atoms. The van der Waals surface area contributed by atoms with Gasteiger partial charge in [-0.25, -0.2) is 9.82 Å². The van der Waals surface area contributed by atoms with Crippen LogP contribution in [0.4, 0.5) is 4.39 Å². The van der Waals surface area contributed by atoms with Crippen molar-refractivity contribution in [2.75, 3.05) is 6.61 Å². The van der Waals surface area contributed by atoms with Crippen molar-refractivity contribution in [3.05, 3.63) is 107 Å². The fraction of sp³-hybridized carbons (Fsp3) is 0.143. The summed E-state index contributed by atoms with van der Waals surface area (Å²) in [5, 5.41) is 6.14. The van der Waals surface area contributed by atoms with Crippen molar-refractivity contribution in [2.24, 2.45) is 5.10 Å². The highest BCUT2D eigenvalue weighted by atomic mass is 19.1. The Morgan fingerprint density at radius 2 is 1.71 bits per heavy atom. The van der Waals surface area contributed by atoms with Gasteiger partial charge in [-0.15, -0.1) is 0 Å². The summed E-state index contributed by atoms with van der Waals surface area (Å²) in [6.45, 7) is 2.94. The minimum absolute atomic E-state index is 0.276. The van der Waals surface area contributed by atoms with Crippen LogP contribution in [0.15, 0.2) is 90.0 Å². The summed E-state index contributed by atoms with van der Waals surface area (Å²) < 4.78 is 24.8. The van der Waals surface area contributed by atoms with Crippen molar-refractivity contribution in [2.45, 2.75) is 20.0 Å². The zero-order valence-electron chi connectivity index (χ0n) is 18.8. The maximum atomic E-state index is 13.2. The number of hydrogen-bond acceptors (Lipinski definition) is 4. The van der Waals surface area contributed by atoms with Gasteiger partial charge in [0, 0.05) is 11.1 Å². The van der Waals surface area contributed by atoms with Crippen LogP contribution in [-0.2, 0) is 6.61 Å². The van der Waals surface area contributed by atoms with Crippen molar-refractivity contribution < 1.29 is 18.7 Å². The first-order valence-electron chi connectivity index (χ1n) is 11.1. The van der Waals surface area contributed by atoms with E-state index in [4.69, 9.17) is 9.47 Å². The molecule has 0 aromatic heterocycles. The van der Waals surface area contributed by atoms with Crippen LogP contribution in [0.2, 0.25) is 0 Å². The number of nitrogens with one attached hydrogen (secondary N) is 1. The Kier molecular flexibility index (Phi) is 7.50. The molecule has 0 aliphatic heterocycles. The number of fused-ring (bicyclic) bond motifs is 1. The third-order valence-electron chi connectivity index (χ3n) is 5.19. The second-order valence-electron chi connectivity index (χ2n) is 7.69. The molecule has 0 atom stereocenters. The van der Waals surface area contributed by atoms with Crippen molar-refractivity contribution in [3.63, 3.8) is 0 Å². The largest absolute Gasteiger partial charge is 0.494 e. The number of benzene rings is 4. The molecule has 5 nitrogen and oxygen atoms in total. The first-order chi connectivity index (χ1) is 16.6. The Labute approximate surface area is 197 Å². The van der Waals surface area contributed by atoms with Crippen LogP contribution in [0.1, 0.15) is 34.8 Å². The van der Waals surface area contributed by atoms with Crippen LogP contribution >= 0.6 is 0 Å². The number of halogens is 1. The van der Waals surface area contributed by atoms with Crippen LogP contribution in [0.3, 0.4) is 0 Å². The molecule has 172 valence electrons. The van der Waals surface area contributed by atoms with E-state index in [0.29, 0.717) is 17.9 Å². The molecular weight excluding hydrogens is 431 g/mol. The van der Waals surface area contributed by atoms with Crippen molar-refractivity contribution in [3.8, 4) is 11.5 Å². The normalized spacial score (nSPS) is 11.0. The molecule has 4 aromatic carbocycles. The van der Waals surface area contributed by atoms with E-state index >= 15 is 0 Å². The lowest BCUT2D eigenvalue weighted by molar-refractivity contribution is 0.0955. The molecule has 0 aliphatic carbocycles. The number of nitrogens with zero attached hydrogens (tertiary/aromatic N) is 1. The Balaban J connectivity index is 1.50. The Hall–Kier alpha value is -4.19. The summed E-state index contributed by atoms with van der Waals surface area (Å²) in [5.41, 5.74) is 4.64. The molecule has 0 radical (unpaired) electrons. The van der Waals surface area contributed by atoms with Crippen LogP contribution in [0.25, 0.3) is 10.8 Å². The minimum atomic E-state index is -0.327. The third kappa shape index (κ3) is 5.78. The highest BCUT2D eigenvalue weighted by Crippen LogP contribution is 2.27. The quantitative estimate of drug-likeness (QED) is 0.244. The van der Waals surface area contributed by atoms with Gasteiger partial charge in [-0.3, -0.25) is 4.79 Å². The second-order valence-corrected chi connectivity index (χ2v) is 7.69. The highest BCUT2D eigenvalue weighted by Gasteiger charge is 2.09. The molecule has 0 saturated carbocycles.